The first-order chi connectivity index (χ1) is 30.0. The summed E-state index contributed by atoms with van der Waals surface area (Å²) in [6, 6.07) is 25.9. The molecule has 4 aromatic heterocycles. The summed E-state index contributed by atoms with van der Waals surface area (Å²) in [4.78, 5) is 39.9. The van der Waals surface area contributed by atoms with Crippen LogP contribution in [0.3, 0.4) is 0 Å². The largest absolute Gasteiger partial charge is 0.507 e. The molecule has 1 amide bonds. The Morgan fingerprint density at radius 2 is 0.968 bits per heavy atom. The number of fused-ring (bicyclic) bond motifs is 4. The zero-order valence-electron chi connectivity index (χ0n) is 33.6. The summed E-state index contributed by atoms with van der Waals surface area (Å²) in [5, 5.41) is 46.1. The number of rotatable bonds is 8. The summed E-state index contributed by atoms with van der Waals surface area (Å²) in [5.41, 5.74) is 24.0. The number of nitrogen functional groups attached to an aromatic ring is 2. The van der Waals surface area contributed by atoms with E-state index in [-0.39, 0.29) is 35.0 Å². The molecule has 18 heteroatoms. The first-order valence-corrected chi connectivity index (χ1v) is 20.4. The van der Waals surface area contributed by atoms with E-state index in [2.05, 4.69) is 50.0 Å². The van der Waals surface area contributed by atoms with Crippen LogP contribution in [0, 0.1) is 0 Å². The van der Waals surface area contributed by atoms with Crippen LogP contribution < -0.4 is 36.8 Å². The first-order valence-electron chi connectivity index (χ1n) is 20.4. The molecular formula is C44H45N13O5. The van der Waals surface area contributed by atoms with Crippen LogP contribution >= 0.6 is 0 Å². The lowest BCUT2D eigenvalue weighted by molar-refractivity contribution is 0.0690. The Bertz CT molecular complexity index is 2420. The molecule has 4 aliphatic rings. The number of phenolic OH excluding ortho intramolecular Hbond substituents is 2. The van der Waals surface area contributed by atoms with Gasteiger partial charge in [0.05, 0.1) is 46.5 Å². The Morgan fingerprint density at radius 1 is 0.565 bits per heavy atom. The second-order valence-corrected chi connectivity index (χ2v) is 15.9. The van der Waals surface area contributed by atoms with Crippen molar-refractivity contribution in [2.45, 2.75) is 49.9 Å². The Morgan fingerprint density at radius 3 is 1.32 bits per heavy atom. The Hall–Kier alpha value is -7.76. The van der Waals surface area contributed by atoms with Gasteiger partial charge in [-0.05, 0) is 86.3 Å². The predicted octanol–water partition coefficient (Wildman–Crippen LogP) is 4.17. The number of aromatic nitrogens is 6. The number of nitrogens with two attached hydrogens (primary N) is 3. The van der Waals surface area contributed by atoms with E-state index >= 15 is 0 Å². The first kappa shape index (κ1) is 39.7. The van der Waals surface area contributed by atoms with Gasteiger partial charge in [-0.15, -0.1) is 20.4 Å². The molecule has 4 unspecified atom stereocenters. The maximum Gasteiger partial charge on any atom is 0.354 e. The van der Waals surface area contributed by atoms with Gasteiger partial charge in [-0.25, -0.2) is 14.8 Å². The molecule has 4 aliphatic heterocycles. The van der Waals surface area contributed by atoms with Crippen molar-refractivity contribution in [2.75, 3.05) is 57.2 Å². The molecule has 0 aliphatic carbocycles. The maximum atomic E-state index is 11.3. The number of hydrogen-bond acceptors (Lipinski definition) is 16. The van der Waals surface area contributed by atoms with Crippen LogP contribution in [0.25, 0.3) is 22.5 Å². The SMILES string of the molecule is NC(=O)c1ccc(N2C3CCC2CN(c2cc(-c4ccccc4O)nnc2N)C3)cn1.Nc1nnc(-c2ccccc2O)cc1N1CC2CCC(C1)N2c1ccc(C(=O)O)nc1. The fourth-order valence-electron chi connectivity index (χ4n) is 9.33. The molecule has 9 N–H and O–H groups in total. The number of carbonyl (C=O) groups is 2. The molecule has 0 radical (unpaired) electrons. The van der Waals surface area contributed by atoms with E-state index in [0.717, 1.165) is 74.6 Å². The number of anilines is 6. The highest BCUT2D eigenvalue weighted by Crippen LogP contribution is 2.40. The molecule has 4 bridgehead atoms. The number of nitrogens with zero attached hydrogens (tertiary/aromatic N) is 10. The van der Waals surface area contributed by atoms with E-state index < -0.39 is 11.9 Å². The van der Waals surface area contributed by atoms with Gasteiger partial charge in [0.1, 0.15) is 22.9 Å². The minimum atomic E-state index is -1.03. The van der Waals surface area contributed by atoms with Crippen molar-refractivity contribution in [3.63, 3.8) is 0 Å². The van der Waals surface area contributed by atoms with Crippen LogP contribution in [0.1, 0.15) is 46.7 Å². The summed E-state index contributed by atoms with van der Waals surface area (Å²) < 4.78 is 0. The molecule has 4 atom stereocenters. The van der Waals surface area contributed by atoms with Crippen LogP contribution in [0.2, 0.25) is 0 Å². The molecule has 316 valence electrons. The third-order valence-corrected chi connectivity index (χ3v) is 12.2. The Balaban J connectivity index is 0.000000158. The molecule has 6 aromatic rings. The zero-order valence-corrected chi connectivity index (χ0v) is 33.6. The number of phenols is 2. The van der Waals surface area contributed by atoms with E-state index in [9.17, 15) is 19.8 Å². The maximum absolute atomic E-state index is 11.3. The average molecular weight is 836 g/mol. The van der Waals surface area contributed by atoms with E-state index in [1.165, 1.54) is 0 Å². The minimum absolute atomic E-state index is 0.0436. The average Bonchev–Trinajstić information content (AvgIpc) is 3.70. The number of aromatic carboxylic acids is 1. The van der Waals surface area contributed by atoms with Crippen molar-refractivity contribution in [3.8, 4) is 34.0 Å². The third-order valence-electron chi connectivity index (χ3n) is 12.2. The monoisotopic (exact) mass is 835 g/mol. The smallest absolute Gasteiger partial charge is 0.354 e. The van der Waals surface area contributed by atoms with Crippen molar-refractivity contribution in [1.29, 1.82) is 0 Å². The van der Waals surface area contributed by atoms with Gasteiger partial charge in [-0.2, -0.15) is 0 Å². The second kappa shape index (κ2) is 16.4. The van der Waals surface area contributed by atoms with Crippen LogP contribution in [0.5, 0.6) is 11.5 Å². The van der Waals surface area contributed by atoms with E-state index in [1.54, 1.807) is 54.9 Å². The van der Waals surface area contributed by atoms with Gasteiger partial charge in [0.15, 0.2) is 11.6 Å². The van der Waals surface area contributed by atoms with Gasteiger partial charge in [-0.1, -0.05) is 24.3 Å². The quantitative estimate of drug-likeness (QED) is 0.126. The van der Waals surface area contributed by atoms with Gasteiger partial charge in [0.25, 0.3) is 5.91 Å². The number of benzene rings is 2. The zero-order chi connectivity index (χ0) is 43.1. The number of carbonyl (C=O) groups excluding carboxylic acids is 1. The highest BCUT2D eigenvalue weighted by Gasteiger charge is 2.42. The van der Waals surface area contributed by atoms with Crippen LogP contribution in [-0.4, -0.2) is 108 Å². The van der Waals surface area contributed by atoms with Crippen molar-refractivity contribution in [2.24, 2.45) is 5.73 Å². The number of carboxylic acid groups (broad SMARTS) is 1. The number of amides is 1. The Kier molecular flexibility index (Phi) is 10.5. The van der Waals surface area contributed by atoms with Gasteiger partial charge >= 0.3 is 5.97 Å². The summed E-state index contributed by atoms with van der Waals surface area (Å²) in [6.45, 7) is 3.08. The third kappa shape index (κ3) is 7.61. The van der Waals surface area contributed by atoms with Crippen molar-refractivity contribution in [1.82, 2.24) is 30.4 Å². The standard InChI is InChI=1S/C22H23N7O2.C22H22N6O3/c23-21-19(9-18(26-27-21)16-3-1-2-4-20(16)30)28-11-14-5-6-15(12-28)29(14)13-7-8-17(22(24)31)25-10-13;23-21-19(9-18(25-26-21)16-3-1-2-4-20(16)29)27-11-14-5-6-15(12-27)28(14)13-7-8-17(22(30)31)24-10-13/h1-4,7-10,14-15,30H,5-6,11-12H2,(H2,23,27)(H2,24,31);1-4,7-10,14-15,29H,5-6,11-12H2,(H2,23,26)(H,30,31). The predicted molar refractivity (Wildman–Crippen MR) is 234 cm³/mol. The summed E-state index contributed by atoms with van der Waals surface area (Å²) in [6.07, 6.45) is 7.55. The molecule has 4 fully saturated rings. The van der Waals surface area contributed by atoms with Crippen LogP contribution in [-0.2, 0) is 0 Å². The molecule has 2 aromatic carbocycles. The summed E-state index contributed by atoms with van der Waals surface area (Å²) in [5.74, 6) is -0.515. The molecular weight excluding hydrogens is 791 g/mol. The lowest BCUT2D eigenvalue weighted by Crippen LogP contribution is -2.54. The topological polar surface area (TPSA) is 263 Å². The Labute approximate surface area is 356 Å². The van der Waals surface area contributed by atoms with Gasteiger partial charge in [-0.3, -0.25) is 4.79 Å². The highest BCUT2D eigenvalue weighted by molar-refractivity contribution is 5.91. The number of para-hydroxylation sites is 2. The lowest BCUT2D eigenvalue weighted by Gasteiger charge is -2.43. The number of hydrogen-bond donors (Lipinski definition) is 6. The van der Waals surface area contributed by atoms with Crippen molar-refractivity contribution in [3.05, 3.63) is 109 Å². The molecule has 8 heterocycles. The van der Waals surface area contributed by atoms with Gasteiger partial charge in [0, 0.05) is 61.5 Å². The molecule has 0 saturated carbocycles. The summed E-state index contributed by atoms with van der Waals surface area (Å²) >= 11 is 0. The van der Waals surface area contributed by atoms with Crippen LogP contribution in [0.15, 0.2) is 97.3 Å². The van der Waals surface area contributed by atoms with Gasteiger partial charge in [0.2, 0.25) is 0 Å². The number of piperazine rings is 2. The summed E-state index contributed by atoms with van der Waals surface area (Å²) in [7, 11) is 0. The number of aromatic hydroxyl groups is 2. The molecule has 0 spiro atoms. The highest BCUT2D eigenvalue weighted by atomic mass is 16.4. The van der Waals surface area contributed by atoms with E-state index in [4.69, 9.17) is 22.3 Å². The van der Waals surface area contributed by atoms with Crippen molar-refractivity contribution < 1.29 is 24.9 Å². The minimum Gasteiger partial charge on any atom is -0.507 e. The lowest BCUT2D eigenvalue weighted by atomic mass is 10.1. The molecule has 4 saturated heterocycles. The van der Waals surface area contributed by atoms with Crippen LogP contribution in [0.4, 0.5) is 34.4 Å². The van der Waals surface area contributed by atoms with Gasteiger partial charge < -0.3 is 52.1 Å². The molecule has 62 heavy (non-hydrogen) atoms. The normalized spacial score (nSPS) is 20.1. The second-order valence-electron chi connectivity index (χ2n) is 15.9. The number of pyridine rings is 2. The fraction of sp³-hybridized carbons (Fsp3) is 0.273. The van der Waals surface area contributed by atoms with E-state index in [0.29, 0.717) is 46.2 Å². The molecule has 10 rings (SSSR count). The number of carboxylic acids is 1. The van der Waals surface area contributed by atoms with E-state index in [1.807, 2.05) is 42.5 Å². The molecule has 18 nitrogen and oxygen atoms in total. The van der Waals surface area contributed by atoms with Crippen molar-refractivity contribution >= 4 is 46.3 Å². The number of primary amides is 1. The fourth-order valence-corrected chi connectivity index (χ4v) is 9.33.